The molecule has 1 atom stereocenters. The molecule has 0 spiro atoms. The number of nitrogens with two attached hydrogens (primary N) is 2. The summed E-state index contributed by atoms with van der Waals surface area (Å²) in [5.41, 5.74) is 11.1. The van der Waals surface area contributed by atoms with Gasteiger partial charge in [0, 0.05) is 22.4 Å². The molecule has 13 heteroatoms. The minimum atomic E-state index is -4.30. The summed E-state index contributed by atoms with van der Waals surface area (Å²) < 4.78 is 51.4. The third-order valence-electron chi connectivity index (χ3n) is 2.90. The van der Waals surface area contributed by atoms with E-state index in [-0.39, 0.29) is 5.56 Å². The Morgan fingerprint density at radius 2 is 2.08 bits per heavy atom. The largest absolute Gasteiger partial charge is 0.755 e. The van der Waals surface area contributed by atoms with Crippen molar-refractivity contribution in [1.29, 1.82) is 0 Å². The van der Waals surface area contributed by atoms with Gasteiger partial charge in [0.25, 0.3) is 0 Å². The normalized spacial score (nSPS) is 12.2. The Kier molecular flexibility index (Phi) is 6.31. The van der Waals surface area contributed by atoms with E-state index in [0.717, 1.165) is 11.3 Å². The maximum Gasteiger partial charge on any atom is 0.336 e. The Labute approximate surface area is 155 Å². The lowest BCUT2D eigenvalue weighted by Gasteiger charge is -2.10. The fourth-order valence-corrected chi connectivity index (χ4v) is 3.97. The molecule has 2 aromatic rings. The van der Waals surface area contributed by atoms with E-state index in [1.807, 2.05) is 0 Å². The van der Waals surface area contributed by atoms with Gasteiger partial charge in [-0.2, -0.15) is 8.42 Å². The Hall–Kier alpha value is -2.48. The third-order valence-corrected chi connectivity index (χ3v) is 5.15. The number of hydrogen-bond donors (Lipinski definition) is 3. The molecule has 5 N–H and O–H groups in total. The molecule has 1 heterocycles. The Balaban J connectivity index is 2.24. The zero-order valence-electron chi connectivity index (χ0n) is 12.9. The van der Waals surface area contributed by atoms with Gasteiger partial charge >= 0.3 is 10.1 Å². The number of carbonyl (C=O) groups is 1. The van der Waals surface area contributed by atoms with Crippen molar-refractivity contribution >= 4 is 49.5 Å². The van der Waals surface area contributed by atoms with E-state index in [2.05, 4.69) is 14.2 Å². The van der Waals surface area contributed by atoms with Gasteiger partial charge in [-0.1, -0.05) is 18.2 Å². The van der Waals surface area contributed by atoms with Gasteiger partial charge in [-0.15, -0.1) is 11.3 Å². The maximum absolute atomic E-state index is 12.2. The predicted octanol–water partition coefficient (Wildman–Crippen LogP) is 0.339. The molecule has 1 aromatic carbocycles. The first-order chi connectivity index (χ1) is 12.2. The van der Waals surface area contributed by atoms with Crippen LogP contribution in [0.1, 0.15) is 10.4 Å². The third kappa shape index (κ3) is 5.52. The van der Waals surface area contributed by atoms with Crippen molar-refractivity contribution in [3.63, 3.8) is 0 Å². The molecule has 140 valence electrons. The molecule has 0 saturated heterocycles. The Morgan fingerprint density at radius 1 is 1.35 bits per heavy atom. The molecule has 0 aliphatic carbocycles. The Bertz CT molecular complexity index is 966. The van der Waals surface area contributed by atoms with Crippen LogP contribution in [0.25, 0.3) is 11.1 Å². The fourth-order valence-electron chi connectivity index (χ4n) is 1.92. The molecule has 2 rings (SSSR count). The van der Waals surface area contributed by atoms with Gasteiger partial charge in [-0.3, -0.25) is 13.3 Å². The van der Waals surface area contributed by atoms with Crippen LogP contribution < -0.4 is 16.2 Å². The van der Waals surface area contributed by atoms with Crippen LogP contribution in [0.5, 0.6) is 0 Å². The van der Waals surface area contributed by atoms with Crippen molar-refractivity contribution in [2.75, 3.05) is 10.5 Å². The summed E-state index contributed by atoms with van der Waals surface area (Å²) in [6, 6.07) is 7.73. The van der Waals surface area contributed by atoms with Gasteiger partial charge in [-0.05, 0) is 28.2 Å². The SMILES string of the molecule is NC(N)=NOS(=O)(=O)CC(=O)c1cccc(-c2ccsc2NS(=O)[O-])c1. The number of carbonyl (C=O) groups excluding carboxylic acids is 1. The molecule has 0 saturated carbocycles. The van der Waals surface area contributed by atoms with E-state index in [4.69, 9.17) is 11.5 Å². The van der Waals surface area contributed by atoms with Gasteiger partial charge < -0.3 is 20.7 Å². The second kappa shape index (κ2) is 8.27. The minimum absolute atomic E-state index is 0.0970. The monoisotopic (exact) mass is 417 g/mol. The standard InChI is InChI=1S/C13H14N4O6S3/c14-13(15)16-23-26(21,22)7-11(18)9-3-1-2-8(6-9)10-4-5-24-12(10)17-25(19)20/h1-6,17H,7H2,(H,19,20)(H4,14,15,16)/p-1. The highest BCUT2D eigenvalue weighted by Gasteiger charge is 2.20. The molecule has 26 heavy (non-hydrogen) atoms. The van der Waals surface area contributed by atoms with Gasteiger partial charge in [0.15, 0.2) is 11.5 Å². The summed E-state index contributed by atoms with van der Waals surface area (Å²) in [5.74, 6) is -2.31. The zero-order chi connectivity index (χ0) is 19.3. The summed E-state index contributed by atoms with van der Waals surface area (Å²) in [4.78, 5) is 12.2. The van der Waals surface area contributed by atoms with Crippen molar-refractivity contribution in [3.05, 3.63) is 41.3 Å². The number of oxime groups is 1. The lowest BCUT2D eigenvalue weighted by Crippen LogP contribution is -2.25. The first kappa shape index (κ1) is 19.8. The molecule has 10 nitrogen and oxygen atoms in total. The smallest absolute Gasteiger partial charge is 0.336 e. The van der Waals surface area contributed by atoms with Crippen LogP contribution >= 0.6 is 11.3 Å². The number of rotatable bonds is 8. The molecule has 0 amide bonds. The number of nitrogens with one attached hydrogen (secondary N) is 1. The van der Waals surface area contributed by atoms with Crippen molar-refractivity contribution in [3.8, 4) is 11.1 Å². The van der Waals surface area contributed by atoms with Crippen LogP contribution in [0, 0.1) is 0 Å². The summed E-state index contributed by atoms with van der Waals surface area (Å²) in [7, 11) is -4.30. The van der Waals surface area contributed by atoms with E-state index in [1.54, 1.807) is 23.6 Å². The summed E-state index contributed by atoms with van der Waals surface area (Å²) in [5, 5.41) is 4.95. The number of thiophene rings is 1. The van der Waals surface area contributed by atoms with Crippen LogP contribution in [-0.2, 0) is 25.7 Å². The second-order valence-electron chi connectivity index (χ2n) is 4.80. The number of Topliss-reactive ketones (excluding diaryl/α,β-unsaturated/α-hetero) is 1. The fraction of sp³-hybridized carbons (Fsp3) is 0.0769. The predicted molar refractivity (Wildman–Crippen MR) is 97.3 cm³/mol. The molecule has 0 aliphatic rings. The molecular weight excluding hydrogens is 404 g/mol. The first-order valence-corrected chi connectivity index (χ1v) is 10.3. The number of anilines is 1. The van der Waals surface area contributed by atoms with Gasteiger partial charge in [0.1, 0.15) is 5.00 Å². The van der Waals surface area contributed by atoms with Crippen LogP contribution in [0.15, 0.2) is 40.9 Å². The maximum atomic E-state index is 12.2. The first-order valence-electron chi connectivity index (χ1n) is 6.75. The number of nitrogens with zero attached hydrogens (tertiary/aromatic N) is 1. The molecule has 0 radical (unpaired) electrons. The van der Waals surface area contributed by atoms with E-state index >= 15 is 0 Å². The molecule has 0 fully saturated rings. The van der Waals surface area contributed by atoms with Crippen LogP contribution in [-0.4, -0.2) is 34.7 Å². The van der Waals surface area contributed by atoms with Gasteiger partial charge in [0.2, 0.25) is 5.96 Å². The van der Waals surface area contributed by atoms with E-state index < -0.39 is 38.9 Å². The zero-order valence-corrected chi connectivity index (χ0v) is 15.4. The lowest BCUT2D eigenvalue weighted by atomic mass is 10.0. The molecular formula is C13H13N4O6S3-. The number of guanidine groups is 1. The Morgan fingerprint density at radius 3 is 2.73 bits per heavy atom. The summed E-state index contributed by atoms with van der Waals surface area (Å²) in [6.07, 6.45) is 0. The van der Waals surface area contributed by atoms with Crippen molar-refractivity contribution in [2.45, 2.75) is 0 Å². The highest BCUT2D eigenvalue weighted by molar-refractivity contribution is 7.87. The van der Waals surface area contributed by atoms with Crippen molar-refractivity contribution in [1.82, 2.24) is 0 Å². The van der Waals surface area contributed by atoms with E-state index in [0.29, 0.717) is 16.1 Å². The highest BCUT2D eigenvalue weighted by Crippen LogP contribution is 2.33. The van der Waals surface area contributed by atoms with Crippen molar-refractivity contribution in [2.24, 2.45) is 16.6 Å². The van der Waals surface area contributed by atoms with Gasteiger partial charge in [0.05, 0.1) is 0 Å². The second-order valence-corrected chi connectivity index (χ2v) is 7.94. The summed E-state index contributed by atoms with van der Waals surface area (Å²) in [6.45, 7) is 0. The van der Waals surface area contributed by atoms with Crippen LogP contribution in [0.4, 0.5) is 5.00 Å². The van der Waals surface area contributed by atoms with Crippen LogP contribution in [0.3, 0.4) is 0 Å². The number of ketones is 1. The van der Waals surface area contributed by atoms with Crippen molar-refractivity contribution < 1.29 is 26.3 Å². The topological polar surface area (TPSA) is 177 Å². The lowest BCUT2D eigenvalue weighted by molar-refractivity contribution is 0.101. The molecule has 0 aliphatic heterocycles. The average molecular weight is 417 g/mol. The number of hydrogen-bond acceptors (Lipinski definition) is 8. The molecule has 1 aromatic heterocycles. The highest BCUT2D eigenvalue weighted by atomic mass is 32.2. The number of benzene rings is 1. The molecule has 1 unspecified atom stereocenters. The molecule has 0 bridgehead atoms. The van der Waals surface area contributed by atoms with E-state index in [1.165, 1.54) is 12.1 Å². The quantitative estimate of drug-likeness (QED) is 0.181. The average Bonchev–Trinajstić information content (AvgIpc) is 3.00. The van der Waals surface area contributed by atoms with Gasteiger partial charge in [-0.25, -0.2) is 0 Å². The summed E-state index contributed by atoms with van der Waals surface area (Å²) >= 11 is -1.34. The van der Waals surface area contributed by atoms with Crippen LogP contribution in [0.2, 0.25) is 0 Å². The van der Waals surface area contributed by atoms with E-state index in [9.17, 15) is 22.0 Å². The minimum Gasteiger partial charge on any atom is -0.755 e.